The summed E-state index contributed by atoms with van der Waals surface area (Å²) in [6.45, 7) is 7.88. The SMILES string of the molecule is CC.CCOc1nc2cccc(C(=O)OCc3oc(=O)oc3C)c2n1Cc1ccc(-c2ccccc2-c2noc(=O)[nH]2)cc1. The molecule has 0 amide bonds. The number of imidazole rings is 1. The Hall–Kier alpha value is -5.65. The third kappa shape index (κ3) is 6.09. The smallest absolute Gasteiger partial charge is 0.465 e. The number of hydrogen-bond acceptors (Lipinski definition) is 10. The fraction of sp³-hybridized carbons (Fsp3) is 0.219. The number of carbonyl (C=O) groups is 1. The number of nitrogens with one attached hydrogen (secondary N) is 1. The van der Waals surface area contributed by atoms with Gasteiger partial charge in [-0.15, -0.1) is 0 Å². The average molecular weight is 599 g/mol. The van der Waals surface area contributed by atoms with Crippen LogP contribution in [0.3, 0.4) is 0 Å². The van der Waals surface area contributed by atoms with Gasteiger partial charge in [0.25, 0.3) is 6.01 Å². The van der Waals surface area contributed by atoms with Gasteiger partial charge in [-0.3, -0.25) is 14.1 Å². The van der Waals surface area contributed by atoms with Crippen LogP contribution in [0.15, 0.2) is 89.7 Å². The number of benzene rings is 3. The molecule has 0 bridgehead atoms. The van der Waals surface area contributed by atoms with Crippen molar-refractivity contribution < 1.29 is 27.6 Å². The lowest BCUT2D eigenvalue weighted by Gasteiger charge is -2.12. The van der Waals surface area contributed by atoms with Gasteiger partial charge in [-0.25, -0.2) is 14.4 Å². The molecule has 0 saturated heterocycles. The topological polar surface area (TPSA) is 156 Å². The number of aromatic nitrogens is 4. The van der Waals surface area contributed by atoms with E-state index in [-0.39, 0.29) is 23.7 Å². The van der Waals surface area contributed by atoms with Crippen LogP contribution in [-0.2, 0) is 17.9 Å². The van der Waals surface area contributed by atoms with Gasteiger partial charge in [0.15, 0.2) is 24.0 Å². The van der Waals surface area contributed by atoms with E-state index in [0.717, 1.165) is 22.3 Å². The number of aromatic amines is 1. The van der Waals surface area contributed by atoms with Crippen LogP contribution in [0.5, 0.6) is 6.01 Å². The molecule has 12 heteroatoms. The minimum atomic E-state index is -0.859. The summed E-state index contributed by atoms with van der Waals surface area (Å²) >= 11 is 0. The summed E-state index contributed by atoms with van der Waals surface area (Å²) in [7, 11) is 0. The number of para-hydroxylation sites is 1. The van der Waals surface area contributed by atoms with E-state index < -0.39 is 17.5 Å². The summed E-state index contributed by atoms with van der Waals surface area (Å²) < 4.78 is 27.6. The van der Waals surface area contributed by atoms with Crippen molar-refractivity contribution in [3.05, 3.63) is 111 Å². The van der Waals surface area contributed by atoms with Crippen LogP contribution in [0.2, 0.25) is 0 Å². The maximum atomic E-state index is 13.2. The molecule has 0 aliphatic rings. The highest BCUT2D eigenvalue weighted by atomic mass is 16.6. The van der Waals surface area contributed by atoms with Crippen LogP contribution in [0.4, 0.5) is 0 Å². The Morgan fingerprint density at radius 1 is 0.955 bits per heavy atom. The Bertz CT molecular complexity index is 2010. The quantitative estimate of drug-likeness (QED) is 0.204. The van der Waals surface area contributed by atoms with E-state index in [1.54, 1.807) is 25.1 Å². The Labute approximate surface area is 250 Å². The van der Waals surface area contributed by atoms with Crippen LogP contribution in [0, 0.1) is 6.92 Å². The van der Waals surface area contributed by atoms with E-state index in [9.17, 15) is 14.4 Å². The first-order chi connectivity index (χ1) is 21.4. The van der Waals surface area contributed by atoms with Gasteiger partial charge in [0.2, 0.25) is 0 Å². The molecule has 3 heterocycles. The zero-order valence-electron chi connectivity index (χ0n) is 24.6. The zero-order valence-corrected chi connectivity index (χ0v) is 24.6. The van der Waals surface area contributed by atoms with Gasteiger partial charge in [0.05, 0.1) is 29.7 Å². The molecule has 0 fully saturated rings. The molecule has 226 valence electrons. The number of H-pyrrole nitrogens is 1. The van der Waals surface area contributed by atoms with Gasteiger partial charge in [-0.05, 0) is 42.7 Å². The molecule has 44 heavy (non-hydrogen) atoms. The molecular formula is C32H30N4O8. The highest BCUT2D eigenvalue weighted by Crippen LogP contribution is 2.31. The lowest BCUT2D eigenvalue weighted by molar-refractivity contribution is 0.0444. The largest absolute Gasteiger partial charge is 0.519 e. The van der Waals surface area contributed by atoms with Crippen LogP contribution in [0.1, 0.15) is 48.2 Å². The van der Waals surface area contributed by atoms with E-state index in [1.807, 2.05) is 73.9 Å². The molecule has 6 rings (SSSR count). The molecule has 0 aliphatic carbocycles. The number of hydrogen-bond donors (Lipinski definition) is 1. The molecule has 0 aliphatic heterocycles. The minimum Gasteiger partial charge on any atom is -0.465 e. The molecular weight excluding hydrogens is 568 g/mol. The van der Waals surface area contributed by atoms with Crippen molar-refractivity contribution in [2.24, 2.45) is 0 Å². The van der Waals surface area contributed by atoms with Gasteiger partial charge >= 0.3 is 17.5 Å². The third-order valence-corrected chi connectivity index (χ3v) is 6.62. The molecule has 0 atom stereocenters. The number of ether oxygens (including phenoxy) is 2. The van der Waals surface area contributed by atoms with E-state index >= 15 is 0 Å². The Morgan fingerprint density at radius 2 is 1.70 bits per heavy atom. The summed E-state index contributed by atoms with van der Waals surface area (Å²) in [6, 6.07) is 20.9. The highest BCUT2D eigenvalue weighted by molar-refractivity contribution is 6.02. The first-order valence-corrected chi connectivity index (χ1v) is 14.0. The summed E-state index contributed by atoms with van der Waals surface area (Å²) in [5, 5.41) is 3.83. The van der Waals surface area contributed by atoms with Gasteiger partial charge in [-0.1, -0.05) is 73.6 Å². The van der Waals surface area contributed by atoms with Crippen molar-refractivity contribution in [1.82, 2.24) is 19.7 Å². The second-order valence-corrected chi connectivity index (χ2v) is 9.28. The Balaban J connectivity index is 0.00000188. The third-order valence-electron chi connectivity index (χ3n) is 6.62. The van der Waals surface area contributed by atoms with Crippen molar-refractivity contribution in [2.75, 3.05) is 6.61 Å². The van der Waals surface area contributed by atoms with Gasteiger partial charge in [0.1, 0.15) is 0 Å². The summed E-state index contributed by atoms with van der Waals surface area (Å²) in [4.78, 5) is 43.2. The number of rotatable bonds is 9. The molecule has 0 saturated carbocycles. The molecule has 3 aromatic carbocycles. The lowest BCUT2D eigenvalue weighted by Crippen LogP contribution is -2.10. The minimum absolute atomic E-state index is 0.139. The number of carbonyl (C=O) groups excluding carboxylic acids is 1. The molecule has 0 spiro atoms. The second-order valence-electron chi connectivity index (χ2n) is 9.28. The number of esters is 1. The van der Waals surface area contributed by atoms with Crippen LogP contribution >= 0.6 is 0 Å². The van der Waals surface area contributed by atoms with Gasteiger partial charge in [-0.2, -0.15) is 4.98 Å². The van der Waals surface area contributed by atoms with Gasteiger partial charge < -0.3 is 18.3 Å². The van der Waals surface area contributed by atoms with Crippen LogP contribution in [-0.4, -0.2) is 32.3 Å². The van der Waals surface area contributed by atoms with E-state index in [2.05, 4.69) is 19.6 Å². The number of aryl methyl sites for hydroxylation is 1. The molecule has 0 radical (unpaired) electrons. The standard InChI is InChI=1S/C30H24N4O8.C2H6/c1-3-38-28-31-23-10-6-9-22(27(35)39-16-24-17(2)40-30(37)41-24)25(23)34(28)15-18-11-13-19(14-12-18)20-7-4-5-8-21(20)26-32-29(36)42-33-26;1-2/h4-14H,3,15-16H2,1-2H3,(H,32,33,36);1-2H3. The number of fused-ring (bicyclic) bond motifs is 1. The Morgan fingerprint density at radius 3 is 2.36 bits per heavy atom. The lowest BCUT2D eigenvalue weighted by atomic mass is 9.98. The van der Waals surface area contributed by atoms with Crippen LogP contribution < -0.4 is 16.3 Å². The van der Waals surface area contributed by atoms with Crippen molar-refractivity contribution in [3.63, 3.8) is 0 Å². The number of nitrogens with zero attached hydrogens (tertiary/aromatic N) is 3. The van der Waals surface area contributed by atoms with Crippen molar-refractivity contribution in [1.29, 1.82) is 0 Å². The monoisotopic (exact) mass is 598 g/mol. The first kappa shape index (κ1) is 29.8. The second kappa shape index (κ2) is 13.1. The fourth-order valence-electron chi connectivity index (χ4n) is 4.69. The molecule has 6 aromatic rings. The summed E-state index contributed by atoms with van der Waals surface area (Å²) in [5.41, 5.74) is 4.80. The first-order valence-electron chi connectivity index (χ1n) is 14.0. The Kier molecular flexibility index (Phi) is 8.89. The van der Waals surface area contributed by atoms with Crippen LogP contribution in [0.25, 0.3) is 33.5 Å². The zero-order chi connectivity index (χ0) is 31.2. The predicted octanol–water partition coefficient (Wildman–Crippen LogP) is 5.73. The maximum Gasteiger partial charge on any atom is 0.519 e. The molecule has 12 nitrogen and oxygen atoms in total. The molecule has 1 N–H and O–H groups in total. The van der Waals surface area contributed by atoms with E-state index in [4.69, 9.17) is 18.3 Å². The fourth-order valence-corrected chi connectivity index (χ4v) is 4.69. The molecule has 3 aromatic heterocycles. The normalized spacial score (nSPS) is 10.8. The maximum absolute atomic E-state index is 13.2. The summed E-state index contributed by atoms with van der Waals surface area (Å²) in [6.07, 6.45) is 0. The molecule has 0 unspecified atom stereocenters. The average Bonchev–Trinajstić information content (AvgIpc) is 3.73. The van der Waals surface area contributed by atoms with Crippen molar-refractivity contribution >= 4 is 17.0 Å². The predicted molar refractivity (Wildman–Crippen MR) is 160 cm³/mol. The van der Waals surface area contributed by atoms with Crippen molar-refractivity contribution in [2.45, 2.75) is 40.8 Å². The highest BCUT2D eigenvalue weighted by Gasteiger charge is 2.22. The van der Waals surface area contributed by atoms with E-state index in [1.165, 1.54) is 0 Å². The van der Waals surface area contributed by atoms with E-state index in [0.29, 0.717) is 36.0 Å². The summed E-state index contributed by atoms with van der Waals surface area (Å²) in [5.74, 6) is -1.38. The van der Waals surface area contributed by atoms with Gasteiger partial charge in [0, 0.05) is 5.56 Å². The van der Waals surface area contributed by atoms with Crippen molar-refractivity contribution in [3.8, 4) is 28.5 Å².